The maximum atomic E-state index is 13.3. The minimum absolute atomic E-state index is 0.136. The van der Waals surface area contributed by atoms with E-state index in [9.17, 15) is 19.5 Å². The molecule has 1 aromatic heterocycles. The highest BCUT2D eigenvalue weighted by Gasteiger charge is 2.24. The van der Waals surface area contributed by atoms with Crippen molar-refractivity contribution in [3.8, 4) is 11.1 Å². The van der Waals surface area contributed by atoms with Gasteiger partial charge in [-0.3, -0.25) is 9.36 Å². The van der Waals surface area contributed by atoms with E-state index in [4.69, 9.17) is 0 Å². The second kappa shape index (κ2) is 10.7. The number of carboxylic acid groups (broad SMARTS) is 1. The number of unbranched alkanes of at least 4 members (excludes halogenated alkanes) is 1. The molecule has 34 heavy (non-hydrogen) atoms. The number of carbonyl (C=O) groups excluding carboxylic acids is 1. The standard InChI is InChI=1S/C28H32N2O4/c1-2-3-13-26(31)30-19-25(22-9-5-4-6-10-22)29(28(30)34)18-20-14-16-21(17-15-20)23-11-7-8-12-24(23)27(32)33/h7-8,11-12,14-17,19,22H,2-6,9-10,13,18H2,1H3,(H,32,33). The number of aromatic nitrogens is 2. The van der Waals surface area contributed by atoms with Crippen molar-refractivity contribution in [3.63, 3.8) is 0 Å². The van der Waals surface area contributed by atoms with Gasteiger partial charge in [0.1, 0.15) is 0 Å². The molecule has 4 rings (SSSR count). The Labute approximate surface area is 199 Å². The third-order valence-electron chi connectivity index (χ3n) is 6.81. The van der Waals surface area contributed by atoms with Crippen LogP contribution in [-0.2, 0) is 6.54 Å². The maximum Gasteiger partial charge on any atom is 0.336 e. The molecular weight excluding hydrogens is 428 g/mol. The third-order valence-corrected chi connectivity index (χ3v) is 6.81. The monoisotopic (exact) mass is 460 g/mol. The van der Waals surface area contributed by atoms with Gasteiger partial charge in [0.25, 0.3) is 0 Å². The van der Waals surface area contributed by atoms with Gasteiger partial charge < -0.3 is 5.11 Å². The van der Waals surface area contributed by atoms with Crippen LogP contribution in [0.1, 0.15) is 90.6 Å². The van der Waals surface area contributed by atoms with Crippen molar-refractivity contribution < 1.29 is 14.7 Å². The fraction of sp³-hybridized carbons (Fsp3) is 0.393. The Kier molecular flexibility index (Phi) is 7.46. The first-order chi connectivity index (χ1) is 16.5. The lowest BCUT2D eigenvalue weighted by Gasteiger charge is -2.22. The number of hydrogen-bond donors (Lipinski definition) is 1. The van der Waals surface area contributed by atoms with E-state index < -0.39 is 5.97 Å². The van der Waals surface area contributed by atoms with Crippen LogP contribution in [0.5, 0.6) is 0 Å². The van der Waals surface area contributed by atoms with E-state index in [1.54, 1.807) is 29.0 Å². The molecule has 0 aliphatic heterocycles. The van der Waals surface area contributed by atoms with Gasteiger partial charge in [-0.1, -0.05) is 75.1 Å². The summed E-state index contributed by atoms with van der Waals surface area (Å²) in [6.45, 7) is 2.42. The molecule has 0 amide bonds. The fourth-order valence-corrected chi connectivity index (χ4v) is 4.90. The number of hydrogen-bond acceptors (Lipinski definition) is 3. The average molecular weight is 461 g/mol. The number of nitrogens with zero attached hydrogens (tertiary/aromatic N) is 2. The largest absolute Gasteiger partial charge is 0.478 e. The van der Waals surface area contributed by atoms with Crippen LogP contribution in [0.4, 0.5) is 0 Å². The van der Waals surface area contributed by atoms with Gasteiger partial charge in [0.05, 0.1) is 12.1 Å². The predicted molar refractivity (Wildman–Crippen MR) is 133 cm³/mol. The average Bonchev–Trinajstić information content (AvgIpc) is 3.19. The molecule has 6 nitrogen and oxygen atoms in total. The van der Waals surface area contributed by atoms with Crippen LogP contribution in [0, 0.1) is 0 Å². The van der Waals surface area contributed by atoms with Gasteiger partial charge in [0.15, 0.2) is 0 Å². The quantitative estimate of drug-likeness (QED) is 0.451. The molecule has 1 heterocycles. The normalized spacial score (nSPS) is 14.3. The van der Waals surface area contributed by atoms with Crippen LogP contribution in [0.25, 0.3) is 11.1 Å². The summed E-state index contributed by atoms with van der Waals surface area (Å²) in [5.74, 6) is -0.802. The van der Waals surface area contributed by atoms with E-state index in [0.29, 0.717) is 24.4 Å². The van der Waals surface area contributed by atoms with Crippen LogP contribution < -0.4 is 5.69 Å². The summed E-state index contributed by atoms with van der Waals surface area (Å²) in [5, 5.41) is 9.49. The van der Waals surface area contributed by atoms with Crippen molar-refractivity contribution in [1.82, 2.24) is 9.13 Å². The molecule has 1 fully saturated rings. The first kappa shape index (κ1) is 23.7. The molecule has 1 saturated carbocycles. The van der Waals surface area contributed by atoms with Crippen molar-refractivity contribution >= 4 is 11.9 Å². The van der Waals surface area contributed by atoms with Crippen molar-refractivity contribution in [2.24, 2.45) is 0 Å². The van der Waals surface area contributed by atoms with Gasteiger partial charge in [-0.2, -0.15) is 0 Å². The summed E-state index contributed by atoms with van der Waals surface area (Å²) >= 11 is 0. The van der Waals surface area contributed by atoms with Gasteiger partial charge in [0.2, 0.25) is 5.91 Å². The molecule has 178 valence electrons. The number of benzene rings is 2. The van der Waals surface area contributed by atoms with Gasteiger partial charge in [-0.15, -0.1) is 0 Å². The molecule has 0 unspecified atom stereocenters. The lowest BCUT2D eigenvalue weighted by Crippen LogP contribution is -2.29. The lowest BCUT2D eigenvalue weighted by atomic mass is 9.87. The molecule has 0 radical (unpaired) electrons. The van der Waals surface area contributed by atoms with Crippen LogP contribution >= 0.6 is 0 Å². The summed E-state index contributed by atoms with van der Waals surface area (Å²) in [5.41, 5.74) is 3.36. The Hall–Kier alpha value is -3.41. The fourth-order valence-electron chi connectivity index (χ4n) is 4.90. The van der Waals surface area contributed by atoms with Crippen molar-refractivity contribution in [1.29, 1.82) is 0 Å². The Bertz CT molecular complexity index is 1210. The van der Waals surface area contributed by atoms with Gasteiger partial charge >= 0.3 is 11.7 Å². The molecule has 2 aromatic carbocycles. The highest BCUT2D eigenvalue weighted by Crippen LogP contribution is 2.32. The smallest absolute Gasteiger partial charge is 0.336 e. The molecule has 1 N–H and O–H groups in total. The summed E-state index contributed by atoms with van der Waals surface area (Å²) in [6, 6.07) is 14.6. The molecule has 1 aliphatic rings. The van der Waals surface area contributed by atoms with E-state index in [-0.39, 0.29) is 17.2 Å². The van der Waals surface area contributed by atoms with Gasteiger partial charge in [-0.05, 0) is 42.0 Å². The molecule has 3 aromatic rings. The van der Waals surface area contributed by atoms with Crippen molar-refractivity contribution in [2.45, 2.75) is 70.8 Å². The second-order valence-electron chi connectivity index (χ2n) is 9.17. The summed E-state index contributed by atoms with van der Waals surface area (Å²) in [4.78, 5) is 37.6. The van der Waals surface area contributed by atoms with Crippen LogP contribution in [0.15, 0.2) is 59.5 Å². The molecular formula is C28H32N2O4. The lowest BCUT2D eigenvalue weighted by molar-refractivity contribution is 0.0697. The number of imidazole rings is 1. The molecule has 0 bridgehead atoms. The van der Waals surface area contributed by atoms with E-state index >= 15 is 0 Å². The summed E-state index contributed by atoms with van der Waals surface area (Å²) in [6.07, 6.45) is 9.43. The molecule has 0 saturated heterocycles. The van der Waals surface area contributed by atoms with Crippen LogP contribution in [-0.4, -0.2) is 26.1 Å². The van der Waals surface area contributed by atoms with E-state index in [0.717, 1.165) is 55.3 Å². The van der Waals surface area contributed by atoms with Crippen LogP contribution in [0.3, 0.4) is 0 Å². The maximum absolute atomic E-state index is 13.3. The number of aromatic carboxylic acids is 1. The first-order valence-electron chi connectivity index (χ1n) is 12.3. The zero-order chi connectivity index (χ0) is 24.1. The number of carbonyl (C=O) groups is 2. The van der Waals surface area contributed by atoms with Crippen LogP contribution in [0.2, 0.25) is 0 Å². The van der Waals surface area contributed by atoms with E-state index in [1.807, 2.05) is 37.3 Å². The molecule has 6 heteroatoms. The minimum atomic E-state index is -0.961. The van der Waals surface area contributed by atoms with Gasteiger partial charge in [-0.25, -0.2) is 14.2 Å². The number of carboxylic acids is 1. The minimum Gasteiger partial charge on any atom is -0.478 e. The summed E-state index contributed by atoms with van der Waals surface area (Å²) < 4.78 is 3.08. The second-order valence-corrected chi connectivity index (χ2v) is 9.17. The van der Waals surface area contributed by atoms with Gasteiger partial charge in [0, 0.05) is 24.2 Å². The SMILES string of the molecule is CCCCC(=O)n1cc(C2CCCCC2)n(Cc2ccc(-c3ccccc3C(=O)O)cc2)c1=O. The Balaban J connectivity index is 1.65. The first-order valence-corrected chi connectivity index (χ1v) is 12.3. The molecule has 0 atom stereocenters. The van der Waals surface area contributed by atoms with E-state index in [2.05, 4.69) is 0 Å². The highest BCUT2D eigenvalue weighted by atomic mass is 16.4. The Morgan fingerprint density at radius 2 is 1.71 bits per heavy atom. The predicted octanol–water partition coefficient (Wildman–Crippen LogP) is 5.94. The topological polar surface area (TPSA) is 81.3 Å². The number of rotatable bonds is 8. The third kappa shape index (κ3) is 5.06. The zero-order valence-corrected chi connectivity index (χ0v) is 19.7. The highest BCUT2D eigenvalue weighted by molar-refractivity contribution is 5.96. The summed E-state index contributed by atoms with van der Waals surface area (Å²) in [7, 11) is 0. The van der Waals surface area contributed by atoms with Crippen molar-refractivity contribution in [3.05, 3.63) is 82.0 Å². The molecule has 0 spiro atoms. The zero-order valence-electron chi connectivity index (χ0n) is 19.7. The van der Waals surface area contributed by atoms with Crippen molar-refractivity contribution in [2.75, 3.05) is 0 Å². The van der Waals surface area contributed by atoms with E-state index in [1.165, 1.54) is 11.0 Å². The Morgan fingerprint density at radius 1 is 1.00 bits per heavy atom. The Morgan fingerprint density at radius 3 is 2.38 bits per heavy atom. The molecule has 1 aliphatic carbocycles.